The number of hydrogen-bond donors (Lipinski definition) is 1. The van der Waals surface area contributed by atoms with Crippen LogP contribution in [0.2, 0.25) is 5.02 Å². The van der Waals surface area contributed by atoms with Gasteiger partial charge in [0.1, 0.15) is 4.88 Å². The van der Waals surface area contributed by atoms with E-state index in [2.05, 4.69) is 26.5 Å². The van der Waals surface area contributed by atoms with Crippen LogP contribution >= 0.6 is 38.9 Å². The standard InChI is InChI=1S/C16H10BrClN2OS/c17-11-7-5-10(6-8-11)9-19-20-16(21)15-14(18)12-3-1-2-4-13(12)22-15/h1-9H,(H,20,21)/b19-9-. The van der Waals surface area contributed by atoms with Crippen molar-refractivity contribution in [3.8, 4) is 0 Å². The number of fused-ring (bicyclic) bond motifs is 1. The fraction of sp³-hybridized carbons (Fsp3) is 0. The summed E-state index contributed by atoms with van der Waals surface area (Å²) in [5.41, 5.74) is 3.40. The highest BCUT2D eigenvalue weighted by atomic mass is 79.9. The molecule has 0 saturated carbocycles. The van der Waals surface area contributed by atoms with Crippen LogP contribution in [0, 0.1) is 0 Å². The van der Waals surface area contributed by atoms with Crippen molar-refractivity contribution in [1.82, 2.24) is 5.43 Å². The molecule has 0 atom stereocenters. The van der Waals surface area contributed by atoms with Gasteiger partial charge in [0.15, 0.2) is 0 Å². The van der Waals surface area contributed by atoms with Crippen LogP contribution in [-0.4, -0.2) is 12.1 Å². The molecule has 110 valence electrons. The molecule has 0 spiro atoms. The van der Waals surface area contributed by atoms with E-state index < -0.39 is 0 Å². The fourth-order valence-electron chi connectivity index (χ4n) is 1.93. The molecule has 0 radical (unpaired) electrons. The van der Waals surface area contributed by atoms with Gasteiger partial charge in [-0.1, -0.05) is 57.9 Å². The van der Waals surface area contributed by atoms with Crippen molar-refractivity contribution in [2.75, 3.05) is 0 Å². The van der Waals surface area contributed by atoms with Gasteiger partial charge in [-0.3, -0.25) is 4.79 Å². The molecule has 0 fully saturated rings. The quantitative estimate of drug-likeness (QED) is 0.489. The van der Waals surface area contributed by atoms with Crippen LogP contribution in [0.5, 0.6) is 0 Å². The largest absolute Gasteiger partial charge is 0.283 e. The molecule has 1 amide bonds. The van der Waals surface area contributed by atoms with Gasteiger partial charge in [-0.05, 0) is 23.8 Å². The van der Waals surface area contributed by atoms with Crippen molar-refractivity contribution in [2.24, 2.45) is 5.10 Å². The van der Waals surface area contributed by atoms with Gasteiger partial charge in [-0.25, -0.2) is 5.43 Å². The van der Waals surface area contributed by atoms with Crippen LogP contribution < -0.4 is 5.43 Å². The summed E-state index contributed by atoms with van der Waals surface area (Å²) >= 11 is 11.0. The second kappa shape index (κ2) is 6.60. The van der Waals surface area contributed by atoms with Gasteiger partial charge in [0.2, 0.25) is 0 Å². The third-order valence-electron chi connectivity index (χ3n) is 2.99. The average molecular weight is 394 g/mol. The van der Waals surface area contributed by atoms with Gasteiger partial charge in [0.05, 0.1) is 11.2 Å². The van der Waals surface area contributed by atoms with Crippen LogP contribution in [0.15, 0.2) is 58.1 Å². The second-order valence-corrected chi connectivity index (χ2v) is 6.84. The average Bonchev–Trinajstić information content (AvgIpc) is 2.87. The molecule has 2 aromatic carbocycles. The molecule has 0 unspecified atom stereocenters. The van der Waals surface area contributed by atoms with Crippen LogP contribution in [0.4, 0.5) is 0 Å². The number of carbonyl (C=O) groups excluding carboxylic acids is 1. The lowest BCUT2D eigenvalue weighted by Crippen LogP contribution is -2.16. The molecule has 3 nitrogen and oxygen atoms in total. The van der Waals surface area contributed by atoms with E-state index in [0.717, 1.165) is 20.1 Å². The van der Waals surface area contributed by atoms with E-state index >= 15 is 0 Å². The number of nitrogens with zero attached hydrogens (tertiary/aromatic N) is 1. The van der Waals surface area contributed by atoms with Gasteiger partial charge in [0, 0.05) is 14.6 Å². The minimum Gasteiger partial charge on any atom is -0.266 e. The first kappa shape index (κ1) is 15.2. The second-order valence-electron chi connectivity index (χ2n) is 4.49. The molecule has 0 aliphatic carbocycles. The predicted molar refractivity (Wildman–Crippen MR) is 96.0 cm³/mol. The van der Waals surface area contributed by atoms with Crippen LogP contribution in [0.1, 0.15) is 15.2 Å². The van der Waals surface area contributed by atoms with Gasteiger partial charge in [-0.2, -0.15) is 5.10 Å². The highest BCUT2D eigenvalue weighted by molar-refractivity contribution is 9.10. The van der Waals surface area contributed by atoms with E-state index in [1.807, 2.05) is 48.5 Å². The van der Waals surface area contributed by atoms with Gasteiger partial charge < -0.3 is 0 Å². The first-order chi connectivity index (χ1) is 10.6. The molecule has 0 aliphatic rings. The summed E-state index contributed by atoms with van der Waals surface area (Å²) in [6.45, 7) is 0. The number of hydrazone groups is 1. The summed E-state index contributed by atoms with van der Waals surface area (Å²) in [4.78, 5) is 12.6. The Hall–Kier alpha value is -1.69. The first-order valence-corrected chi connectivity index (χ1v) is 8.40. The Labute approximate surface area is 144 Å². The molecule has 0 bridgehead atoms. The molecule has 0 aliphatic heterocycles. The maximum absolute atomic E-state index is 12.2. The summed E-state index contributed by atoms with van der Waals surface area (Å²) in [6, 6.07) is 15.3. The van der Waals surface area contributed by atoms with Crippen molar-refractivity contribution in [3.05, 3.63) is 68.5 Å². The maximum Gasteiger partial charge on any atom is 0.283 e. The van der Waals surface area contributed by atoms with Crippen molar-refractivity contribution in [1.29, 1.82) is 0 Å². The summed E-state index contributed by atoms with van der Waals surface area (Å²) in [5.74, 6) is -0.306. The number of carbonyl (C=O) groups is 1. The molecule has 1 aromatic heterocycles. The van der Waals surface area contributed by atoms with E-state index in [9.17, 15) is 4.79 Å². The van der Waals surface area contributed by atoms with Crippen LogP contribution in [-0.2, 0) is 0 Å². The molecule has 0 saturated heterocycles. The molecule has 1 N–H and O–H groups in total. The van der Waals surface area contributed by atoms with E-state index in [4.69, 9.17) is 11.6 Å². The minimum absolute atomic E-state index is 0.306. The third-order valence-corrected chi connectivity index (χ3v) is 5.19. The number of benzene rings is 2. The minimum atomic E-state index is -0.306. The molecule has 3 rings (SSSR count). The summed E-state index contributed by atoms with van der Waals surface area (Å²) in [5, 5.41) is 5.32. The van der Waals surface area contributed by atoms with Crippen molar-refractivity contribution in [3.63, 3.8) is 0 Å². The van der Waals surface area contributed by atoms with Crippen molar-refractivity contribution in [2.45, 2.75) is 0 Å². The fourth-order valence-corrected chi connectivity index (χ4v) is 3.60. The smallest absolute Gasteiger partial charge is 0.266 e. The molecule has 22 heavy (non-hydrogen) atoms. The lowest BCUT2D eigenvalue weighted by molar-refractivity contribution is 0.0959. The van der Waals surface area contributed by atoms with Gasteiger partial charge in [0.25, 0.3) is 5.91 Å². The Morgan fingerprint density at radius 2 is 1.91 bits per heavy atom. The van der Waals surface area contributed by atoms with Crippen LogP contribution in [0.25, 0.3) is 10.1 Å². The third kappa shape index (κ3) is 3.21. The SMILES string of the molecule is O=C(N/N=C\c1ccc(Br)cc1)c1sc2ccccc2c1Cl. The number of nitrogens with one attached hydrogen (secondary N) is 1. The zero-order valence-corrected chi connectivity index (χ0v) is 14.4. The highest BCUT2D eigenvalue weighted by Crippen LogP contribution is 2.34. The zero-order chi connectivity index (χ0) is 15.5. The van der Waals surface area contributed by atoms with E-state index in [-0.39, 0.29) is 5.91 Å². The summed E-state index contributed by atoms with van der Waals surface area (Å²) < 4.78 is 1.97. The Balaban J connectivity index is 1.76. The Kier molecular flexibility index (Phi) is 4.57. The maximum atomic E-state index is 12.2. The number of hydrogen-bond acceptors (Lipinski definition) is 3. The highest BCUT2D eigenvalue weighted by Gasteiger charge is 2.16. The van der Waals surface area contributed by atoms with E-state index in [0.29, 0.717) is 9.90 Å². The van der Waals surface area contributed by atoms with E-state index in [1.54, 1.807) is 6.21 Å². The van der Waals surface area contributed by atoms with Crippen molar-refractivity contribution >= 4 is 61.1 Å². The Bertz CT molecular complexity index is 858. The predicted octanol–water partition coefficient (Wildman–Crippen LogP) is 5.08. The summed E-state index contributed by atoms with van der Waals surface area (Å²) in [7, 11) is 0. The van der Waals surface area contributed by atoms with Crippen LogP contribution in [0.3, 0.4) is 0 Å². The lowest BCUT2D eigenvalue weighted by Gasteiger charge is -1.97. The number of amides is 1. The van der Waals surface area contributed by atoms with Gasteiger partial charge in [-0.15, -0.1) is 11.3 Å². The molecule has 3 aromatic rings. The van der Waals surface area contributed by atoms with E-state index in [1.165, 1.54) is 11.3 Å². The number of thiophene rings is 1. The Morgan fingerprint density at radius 3 is 2.64 bits per heavy atom. The summed E-state index contributed by atoms with van der Waals surface area (Å²) in [6.07, 6.45) is 1.59. The molecular formula is C16H10BrClN2OS. The Morgan fingerprint density at radius 1 is 1.18 bits per heavy atom. The zero-order valence-electron chi connectivity index (χ0n) is 11.2. The molecule has 6 heteroatoms. The van der Waals surface area contributed by atoms with Crippen molar-refractivity contribution < 1.29 is 4.79 Å². The topological polar surface area (TPSA) is 41.5 Å². The monoisotopic (exact) mass is 392 g/mol. The number of halogens is 2. The normalized spacial score (nSPS) is 11.2. The number of rotatable bonds is 3. The van der Waals surface area contributed by atoms with Gasteiger partial charge >= 0.3 is 0 Å². The lowest BCUT2D eigenvalue weighted by atomic mass is 10.2. The molecular weight excluding hydrogens is 384 g/mol. The molecule has 1 heterocycles. The first-order valence-electron chi connectivity index (χ1n) is 6.41.